The van der Waals surface area contributed by atoms with E-state index in [4.69, 9.17) is 4.99 Å². The van der Waals surface area contributed by atoms with Crippen LogP contribution in [0, 0.1) is 11.3 Å². The van der Waals surface area contributed by atoms with Gasteiger partial charge in [-0.15, -0.1) is 0 Å². The van der Waals surface area contributed by atoms with Crippen molar-refractivity contribution < 1.29 is 5.11 Å². The van der Waals surface area contributed by atoms with Crippen molar-refractivity contribution in [1.82, 2.24) is 4.98 Å². The molecular weight excluding hydrogens is 406 g/mol. The summed E-state index contributed by atoms with van der Waals surface area (Å²) >= 11 is 0. The smallest absolute Gasteiger partial charge is 0.0991 e. The predicted molar refractivity (Wildman–Crippen MR) is 131 cm³/mol. The van der Waals surface area contributed by atoms with E-state index in [0.29, 0.717) is 5.56 Å². The van der Waals surface area contributed by atoms with Crippen LogP contribution >= 0.6 is 0 Å². The fraction of sp³-hybridized carbons (Fsp3) is 0.138. The standard InChI is InChI=1S/C29H25N3O/c1-21(33)27(23-16-14-22(19-30)15-17-23)29(26-13-8-18-31-20-26)32-28(24-9-4-2-5-10-24)25-11-6-3-7-12-25/h2-18,20-21,27,29,33H,1H3/t21-,27-,29+/m1/s1. The molecule has 162 valence electrons. The second kappa shape index (κ2) is 10.5. The van der Waals surface area contributed by atoms with E-state index in [1.54, 1.807) is 31.5 Å². The Labute approximate surface area is 194 Å². The van der Waals surface area contributed by atoms with E-state index in [1.165, 1.54) is 0 Å². The molecule has 4 rings (SSSR count). The number of aliphatic hydroxyl groups is 1. The van der Waals surface area contributed by atoms with Gasteiger partial charge in [0.1, 0.15) is 0 Å². The first kappa shape index (κ1) is 22.1. The summed E-state index contributed by atoms with van der Waals surface area (Å²) in [6.45, 7) is 1.78. The zero-order chi connectivity index (χ0) is 23.0. The Balaban J connectivity index is 1.92. The van der Waals surface area contributed by atoms with E-state index in [0.717, 1.165) is 28.0 Å². The number of hydrogen-bond acceptors (Lipinski definition) is 4. The van der Waals surface area contributed by atoms with Gasteiger partial charge in [-0.05, 0) is 36.2 Å². The molecule has 0 bridgehead atoms. The molecule has 0 aliphatic rings. The maximum absolute atomic E-state index is 10.9. The summed E-state index contributed by atoms with van der Waals surface area (Å²) in [4.78, 5) is 9.61. The number of aliphatic imine (C=N–C) groups is 1. The molecule has 1 heterocycles. The van der Waals surface area contributed by atoms with Gasteiger partial charge in [0.05, 0.1) is 29.5 Å². The lowest BCUT2D eigenvalue weighted by Gasteiger charge is -2.28. The van der Waals surface area contributed by atoms with Crippen LogP contribution < -0.4 is 0 Å². The van der Waals surface area contributed by atoms with E-state index in [-0.39, 0.29) is 12.0 Å². The van der Waals surface area contributed by atoms with Crippen molar-refractivity contribution in [3.05, 3.63) is 137 Å². The van der Waals surface area contributed by atoms with Crippen molar-refractivity contribution in [2.24, 2.45) is 4.99 Å². The van der Waals surface area contributed by atoms with Crippen LogP contribution in [0.2, 0.25) is 0 Å². The summed E-state index contributed by atoms with van der Waals surface area (Å²) < 4.78 is 0. The Kier molecular flexibility index (Phi) is 7.04. The van der Waals surface area contributed by atoms with Crippen LogP contribution in [0.5, 0.6) is 0 Å². The summed E-state index contributed by atoms with van der Waals surface area (Å²) in [5.41, 5.74) is 5.27. The second-order valence-corrected chi connectivity index (χ2v) is 7.94. The number of aromatic nitrogens is 1. The van der Waals surface area contributed by atoms with E-state index < -0.39 is 6.10 Å². The monoisotopic (exact) mass is 431 g/mol. The van der Waals surface area contributed by atoms with Gasteiger partial charge in [-0.2, -0.15) is 5.26 Å². The van der Waals surface area contributed by atoms with E-state index in [9.17, 15) is 10.4 Å². The SMILES string of the molecule is C[C@@H](O)[C@H](c1ccc(C#N)cc1)[C@@H](N=C(c1ccccc1)c1ccccc1)c1cccnc1. The fourth-order valence-electron chi connectivity index (χ4n) is 4.06. The summed E-state index contributed by atoms with van der Waals surface area (Å²) in [7, 11) is 0. The van der Waals surface area contributed by atoms with Crippen molar-refractivity contribution in [2.45, 2.75) is 25.0 Å². The zero-order valence-electron chi connectivity index (χ0n) is 18.4. The minimum Gasteiger partial charge on any atom is -0.393 e. The average molecular weight is 432 g/mol. The lowest BCUT2D eigenvalue weighted by molar-refractivity contribution is 0.149. The Morgan fingerprint density at radius 1 is 0.818 bits per heavy atom. The molecule has 0 spiro atoms. The highest BCUT2D eigenvalue weighted by Crippen LogP contribution is 2.38. The molecule has 1 N–H and O–H groups in total. The van der Waals surface area contributed by atoms with Crippen molar-refractivity contribution in [2.75, 3.05) is 0 Å². The highest BCUT2D eigenvalue weighted by molar-refractivity contribution is 6.13. The van der Waals surface area contributed by atoms with Crippen molar-refractivity contribution in [3.63, 3.8) is 0 Å². The van der Waals surface area contributed by atoms with Crippen LogP contribution in [-0.2, 0) is 0 Å². The quantitative estimate of drug-likeness (QED) is 0.382. The minimum absolute atomic E-state index is 0.329. The number of aliphatic hydroxyl groups excluding tert-OH is 1. The molecular formula is C29H25N3O. The first-order valence-corrected chi connectivity index (χ1v) is 10.9. The van der Waals surface area contributed by atoms with Gasteiger partial charge in [-0.25, -0.2) is 0 Å². The second-order valence-electron chi connectivity index (χ2n) is 7.94. The molecule has 4 nitrogen and oxygen atoms in total. The van der Waals surface area contributed by atoms with E-state index in [1.807, 2.05) is 84.9 Å². The van der Waals surface area contributed by atoms with Gasteiger partial charge in [0.15, 0.2) is 0 Å². The maximum atomic E-state index is 10.9. The molecule has 0 unspecified atom stereocenters. The van der Waals surface area contributed by atoms with Gasteiger partial charge in [0, 0.05) is 29.4 Å². The number of hydrogen-bond donors (Lipinski definition) is 1. The Morgan fingerprint density at radius 2 is 1.42 bits per heavy atom. The van der Waals surface area contributed by atoms with Gasteiger partial charge < -0.3 is 5.11 Å². The maximum Gasteiger partial charge on any atom is 0.0991 e. The molecule has 0 aliphatic carbocycles. The molecule has 0 aliphatic heterocycles. The predicted octanol–water partition coefficient (Wildman–Crippen LogP) is 5.70. The van der Waals surface area contributed by atoms with Gasteiger partial charge in [-0.1, -0.05) is 78.9 Å². The van der Waals surface area contributed by atoms with Gasteiger partial charge >= 0.3 is 0 Å². The third-order valence-electron chi connectivity index (χ3n) is 5.67. The molecule has 4 aromatic rings. The Bertz CT molecular complexity index is 1190. The molecule has 0 radical (unpaired) electrons. The molecule has 0 amide bonds. The molecule has 1 aromatic heterocycles. The minimum atomic E-state index is -0.681. The first-order valence-electron chi connectivity index (χ1n) is 10.9. The van der Waals surface area contributed by atoms with Crippen molar-refractivity contribution in [3.8, 4) is 6.07 Å². The van der Waals surface area contributed by atoms with Crippen LogP contribution in [0.3, 0.4) is 0 Å². The topological polar surface area (TPSA) is 69.3 Å². The Morgan fingerprint density at radius 3 is 1.91 bits per heavy atom. The van der Waals surface area contributed by atoms with Crippen molar-refractivity contribution in [1.29, 1.82) is 5.26 Å². The molecule has 4 heteroatoms. The molecule has 3 aromatic carbocycles. The summed E-state index contributed by atoms with van der Waals surface area (Å²) in [6.07, 6.45) is 2.86. The molecule has 0 fully saturated rings. The van der Waals surface area contributed by atoms with Gasteiger partial charge in [0.2, 0.25) is 0 Å². The number of rotatable bonds is 7. The highest BCUT2D eigenvalue weighted by Gasteiger charge is 2.30. The largest absolute Gasteiger partial charge is 0.393 e. The number of nitrogens with zero attached hydrogens (tertiary/aromatic N) is 3. The average Bonchev–Trinajstić information content (AvgIpc) is 2.88. The van der Waals surface area contributed by atoms with Gasteiger partial charge in [0.25, 0.3) is 0 Å². The van der Waals surface area contributed by atoms with Crippen LogP contribution in [0.1, 0.15) is 46.7 Å². The number of nitriles is 1. The fourth-order valence-corrected chi connectivity index (χ4v) is 4.06. The molecule has 33 heavy (non-hydrogen) atoms. The third-order valence-corrected chi connectivity index (χ3v) is 5.67. The first-order chi connectivity index (χ1) is 16.2. The normalized spacial score (nSPS) is 13.4. The Hall–Kier alpha value is -4.07. The van der Waals surface area contributed by atoms with Gasteiger partial charge in [-0.3, -0.25) is 9.98 Å². The zero-order valence-corrected chi connectivity index (χ0v) is 18.4. The lowest BCUT2D eigenvalue weighted by Crippen LogP contribution is -2.23. The summed E-state index contributed by atoms with van der Waals surface area (Å²) in [5.74, 6) is -0.329. The van der Waals surface area contributed by atoms with Crippen LogP contribution in [0.15, 0.2) is 114 Å². The lowest BCUT2D eigenvalue weighted by atomic mass is 9.83. The molecule has 3 atom stereocenters. The van der Waals surface area contributed by atoms with E-state index >= 15 is 0 Å². The number of benzene rings is 3. The van der Waals surface area contributed by atoms with Crippen LogP contribution in [-0.4, -0.2) is 21.9 Å². The summed E-state index contributed by atoms with van der Waals surface area (Å²) in [6, 6.07) is 33.2. The number of pyridine rings is 1. The van der Waals surface area contributed by atoms with Crippen LogP contribution in [0.25, 0.3) is 0 Å². The third kappa shape index (κ3) is 5.23. The van der Waals surface area contributed by atoms with Crippen molar-refractivity contribution >= 4 is 5.71 Å². The molecule has 0 saturated heterocycles. The van der Waals surface area contributed by atoms with Crippen LogP contribution in [0.4, 0.5) is 0 Å². The highest BCUT2D eigenvalue weighted by atomic mass is 16.3. The molecule has 0 saturated carbocycles. The summed E-state index contributed by atoms with van der Waals surface area (Å²) in [5, 5.41) is 20.1. The van der Waals surface area contributed by atoms with E-state index in [2.05, 4.69) is 11.1 Å².